The van der Waals surface area contributed by atoms with Gasteiger partial charge in [0.25, 0.3) is 0 Å². The molecule has 0 bridgehead atoms. The second kappa shape index (κ2) is 5.36. The van der Waals surface area contributed by atoms with Crippen molar-refractivity contribution in [3.8, 4) is 0 Å². The van der Waals surface area contributed by atoms with E-state index in [1.54, 1.807) is 0 Å². The molecule has 0 spiro atoms. The van der Waals surface area contributed by atoms with Crippen molar-refractivity contribution in [2.24, 2.45) is 22.2 Å². The summed E-state index contributed by atoms with van der Waals surface area (Å²) in [4.78, 5) is 13.7. The lowest BCUT2D eigenvalue weighted by atomic mass is 9.61. The summed E-state index contributed by atoms with van der Waals surface area (Å²) in [5, 5.41) is 11.8. The summed E-state index contributed by atoms with van der Waals surface area (Å²) in [6, 6.07) is 0. The number of hydrogen-bond donors (Lipinski definition) is 2. The normalized spacial score (nSPS) is 27.7. The molecule has 1 saturated carbocycles. The van der Waals surface area contributed by atoms with Crippen LogP contribution in [0.2, 0.25) is 0 Å². The molecule has 1 amide bonds. The number of oxime groups is 1. The average Bonchev–Trinajstić information content (AvgIpc) is 2.28. The van der Waals surface area contributed by atoms with Crippen LogP contribution >= 0.6 is 0 Å². The summed E-state index contributed by atoms with van der Waals surface area (Å²) in [7, 11) is -1.60. The molecule has 8 heteroatoms. The van der Waals surface area contributed by atoms with Crippen LogP contribution in [0.5, 0.6) is 0 Å². The maximum absolute atomic E-state index is 12.4. The van der Waals surface area contributed by atoms with Crippen LogP contribution in [0.25, 0.3) is 0 Å². The Morgan fingerprint density at radius 1 is 1.53 bits per heavy atom. The Bertz CT molecular complexity index is 480. The van der Waals surface area contributed by atoms with E-state index in [1.165, 1.54) is 11.9 Å². The number of nitrogens with zero attached hydrogens (tertiary/aromatic N) is 2. The number of sulfone groups is 1. The molecule has 0 radical (unpaired) electrons. The predicted octanol–water partition coefficient (Wildman–Crippen LogP) is -0.348. The summed E-state index contributed by atoms with van der Waals surface area (Å²) < 4.78 is 22.2. The minimum absolute atomic E-state index is 0.0956. The van der Waals surface area contributed by atoms with Gasteiger partial charge in [0.2, 0.25) is 5.91 Å². The molecular weight excluding hydrogens is 270 g/mol. The molecule has 1 aliphatic carbocycles. The molecule has 0 aromatic carbocycles. The van der Waals surface area contributed by atoms with E-state index in [-0.39, 0.29) is 24.0 Å². The summed E-state index contributed by atoms with van der Waals surface area (Å²) in [5.41, 5.74) is 4.66. The van der Waals surface area contributed by atoms with Crippen molar-refractivity contribution in [3.05, 3.63) is 0 Å². The molecule has 110 valence electrons. The van der Waals surface area contributed by atoms with Crippen LogP contribution in [0.3, 0.4) is 0 Å². The van der Waals surface area contributed by atoms with Gasteiger partial charge in [0.1, 0.15) is 15.3 Å². The van der Waals surface area contributed by atoms with Crippen LogP contribution in [-0.4, -0.2) is 55.9 Å². The van der Waals surface area contributed by atoms with E-state index in [4.69, 9.17) is 10.9 Å². The van der Waals surface area contributed by atoms with Crippen molar-refractivity contribution in [2.45, 2.75) is 19.8 Å². The van der Waals surface area contributed by atoms with Gasteiger partial charge >= 0.3 is 0 Å². The Labute approximate surface area is 113 Å². The number of amides is 1. The Balaban J connectivity index is 2.79. The SMILES string of the molecule is CC1CC(C(=O)N(C)CCS(C)(=O)=O)(C(N)=NO)C1. The Morgan fingerprint density at radius 2 is 2.05 bits per heavy atom. The van der Waals surface area contributed by atoms with Gasteiger partial charge in [-0.15, -0.1) is 0 Å². The molecule has 19 heavy (non-hydrogen) atoms. The molecule has 0 atom stereocenters. The van der Waals surface area contributed by atoms with E-state index in [0.29, 0.717) is 18.8 Å². The van der Waals surface area contributed by atoms with E-state index in [9.17, 15) is 13.2 Å². The van der Waals surface area contributed by atoms with Crippen LogP contribution in [0.15, 0.2) is 5.16 Å². The highest BCUT2D eigenvalue weighted by Crippen LogP contribution is 2.46. The minimum Gasteiger partial charge on any atom is -0.409 e. The van der Waals surface area contributed by atoms with Crippen molar-refractivity contribution in [1.29, 1.82) is 0 Å². The fourth-order valence-electron chi connectivity index (χ4n) is 2.49. The zero-order chi connectivity index (χ0) is 14.8. The van der Waals surface area contributed by atoms with Crippen LogP contribution in [-0.2, 0) is 14.6 Å². The minimum atomic E-state index is -3.13. The smallest absolute Gasteiger partial charge is 0.236 e. The third kappa shape index (κ3) is 3.37. The number of carbonyl (C=O) groups is 1. The van der Waals surface area contributed by atoms with Gasteiger partial charge in [-0.25, -0.2) is 8.42 Å². The standard InChI is InChI=1S/C11H21N3O4S/c1-8-6-11(7-8,9(12)13-16)10(15)14(2)4-5-19(3,17)18/h8,16H,4-7H2,1-3H3,(H2,12,13). The molecule has 1 aliphatic rings. The lowest BCUT2D eigenvalue weighted by molar-refractivity contribution is -0.142. The van der Waals surface area contributed by atoms with Crippen molar-refractivity contribution < 1.29 is 18.4 Å². The third-order valence-electron chi connectivity index (χ3n) is 3.55. The zero-order valence-corrected chi connectivity index (χ0v) is 12.3. The second-order valence-corrected chi connectivity index (χ2v) is 7.70. The lowest BCUT2D eigenvalue weighted by Crippen LogP contribution is -2.57. The van der Waals surface area contributed by atoms with Gasteiger partial charge < -0.3 is 15.8 Å². The van der Waals surface area contributed by atoms with Gasteiger partial charge in [-0.05, 0) is 18.8 Å². The number of hydrogen-bond acceptors (Lipinski definition) is 5. The van der Waals surface area contributed by atoms with Gasteiger partial charge in [-0.3, -0.25) is 4.79 Å². The molecule has 3 N–H and O–H groups in total. The molecule has 0 aromatic rings. The number of carbonyl (C=O) groups excluding carboxylic acids is 1. The average molecular weight is 291 g/mol. The highest BCUT2D eigenvalue weighted by atomic mass is 32.2. The van der Waals surface area contributed by atoms with Crippen LogP contribution in [0.4, 0.5) is 0 Å². The van der Waals surface area contributed by atoms with Gasteiger partial charge in [-0.1, -0.05) is 12.1 Å². The first-order valence-corrected chi connectivity index (χ1v) is 8.10. The molecule has 0 heterocycles. The molecule has 0 unspecified atom stereocenters. The predicted molar refractivity (Wildman–Crippen MR) is 71.6 cm³/mol. The van der Waals surface area contributed by atoms with Gasteiger partial charge in [0.05, 0.1) is 5.75 Å². The van der Waals surface area contributed by atoms with Crippen molar-refractivity contribution >= 4 is 21.6 Å². The highest BCUT2D eigenvalue weighted by molar-refractivity contribution is 7.90. The summed E-state index contributed by atoms with van der Waals surface area (Å²) >= 11 is 0. The first-order valence-electron chi connectivity index (χ1n) is 6.03. The Hall–Kier alpha value is -1.31. The lowest BCUT2D eigenvalue weighted by Gasteiger charge is -2.45. The third-order valence-corrected chi connectivity index (χ3v) is 4.47. The fourth-order valence-corrected chi connectivity index (χ4v) is 3.09. The van der Waals surface area contributed by atoms with Gasteiger partial charge in [0.15, 0.2) is 5.84 Å². The topological polar surface area (TPSA) is 113 Å². The molecule has 1 rings (SSSR count). The van der Waals surface area contributed by atoms with Crippen molar-refractivity contribution in [1.82, 2.24) is 4.90 Å². The molecule has 7 nitrogen and oxygen atoms in total. The number of amidine groups is 1. The van der Waals surface area contributed by atoms with Crippen LogP contribution < -0.4 is 5.73 Å². The van der Waals surface area contributed by atoms with Crippen LogP contribution in [0, 0.1) is 11.3 Å². The maximum Gasteiger partial charge on any atom is 0.236 e. The number of nitrogens with two attached hydrogens (primary N) is 1. The Morgan fingerprint density at radius 3 is 2.42 bits per heavy atom. The Kier molecular flexibility index (Phi) is 4.44. The maximum atomic E-state index is 12.4. The number of rotatable bonds is 5. The monoisotopic (exact) mass is 291 g/mol. The molecule has 0 aliphatic heterocycles. The molecule has 1 fully saturated rings. The zero-order valence-electron chi connectivity index (χ0n) is 11.5. The van der Waals surface area contributed by atoms with Gasteiger partial charge in [0, 0.05) is 19.8 Å². The molecule has 0 aromatic heterocycles. The van der Waals surface area contributed by atoms with Crippen LogP contribution in [0.1, 0.15) is 19.8 Å². The van der Waals surface area contributed by atoms with Crippen molar-refractivity contribution in [2.75, 3.05) is 25.6 Å². The first kappa shape index (κ1) is 15.7. The van der Waals surface area contributed by atoms with Crippen molar-refractivity contribution in [3.63, 3.8) is 0 Å². The molecule has 0 saturated heterocycles. The fraction of sp³-hybridized carbons (Fsp3) is 0.818. The molecular formula is C11H21N3O4S. The first-order chi connectivity index (χ1) is 8.62. The van der Waals surface area contributed by atoms with E-state index in [1.807, 2.05) is 6.92 Å². The van der Waals surface area contributed by atoms with E-state index in [0.717, 1.165) is 6.26 Å². The quantitative estimate of drug-likeness (QED) is 0.311. The summed E-state index contributed by atoms with van der Waals surface area (Å²) in [5.74, 6) is -0.157. The largest absolute Gasteiger partial charge is 0.409 e. The van der Waals surface area contributed by atoms with E-state index < -0.39 is 15.3 Å². The van der Waals surface area contributed by atoms with E-state index in [2.05, 4.69) is 5.16 Å². The van der Waals surface area contributed by atoms with E-state index >= 15 is 0 Å². The summed E-state index contributed by atoms with van der Waals surface area (Å²) in [6.45, 7) is 2.08. The second-order valence-electron chi connectivity index (χ2n) is 5.44. The summed E-state index contributed by atoms with van der Waals surface area (Å²) in [6.07, 6.45) is 2.16. The highest BCUT2D eigenvalue weighted by Gasteiger charge is 2.53. The van der Waals surface area contributed by atoms with Gasteiger partial charge in [-0.2, -0.15) is 0 Å².